The van der Waals surface area contributed by atoms with Crippen molar-refractivity contribution in [3.8, 4) is 11.5 Å². The molecule has 0 aromatic heterocycles. The van der Waals surface area contributed by atoms with Crippen LogP contribution in [0.15, 0.2) is 42.5 Å². The largest absolute Gasteiger partial charge is 0.456 e. The summed E-state index contributed by atoms with van der Waals surface area (Å²) in [5.41, 5.74) is 11.0. The monoisotopic (exact) mass is 246 g/mol. The van der Waals surface area contributed by atoms with E-state index < -0.39 is 11.7 Å². The Hall–Kier alpha value is -2.56. The lowest BCUT2D eigenvalue weighted by Crippen LogP contribution is -2.14. The fourth-order valence-corrected chi connectivity index (χ4v) is 1.49. The quantitative estimate of drug-likeness (QED) is 0.815. The number of carbonyl (C=O) groups excluding carboxylic acids is 1. The van der Waals surface area contributed by atoms with Crippen molar-refractivity contribution in [1.82, 2.24) is 0 Å². The van der Waals surface area contributed by atoms with Crippen LogP contribution < -0.4 is 16.2 Å². The Balaban J connectivity index is 2.37. The van der Waals surface area contributed by atoms with E-state index in [0.717, 1.165) is 6.07 Å². The van der Waals surface area contributed by atoms with Gasteiger partial charge in [-0.1, -0.05) is 6.07 Å². The molecule has 0 bridgehead atoms. The molecule has 5 heteroatoms. The van der Waals surface area contributed by atoms with Crippen LogP contribution >= 0.6 is 0 Å². The summed E-state index contributed by atoms with van der Waals surface area (Å²) in [5, 5.41) is 0. The SMILES string of the molecule is NC(=O)c1c(F)cccc1Oc1ccc(N)cc1. The van der Waals surface area contributed by atoms with E-state index in [-0.39, 0.29) is 11.3 Å². The molecule has 0 fully saturated rings. The van der Waals surface area contributed by atoms with Crippen LogP contribution in [0.5, 0.6) is 11.5 Å². The van der Waals surface area contributed by atoms with Crippen molar-refractivity contribution in [2.45, 2.75) is 0 Å². The van der Waals surface area contributed by atoms with Crippen LogP contribution in [0.2, 0.25) is 0 Å². The van der Waals surface area contributed by atoms with Gasteiger partial charge in [0, 0.05) is 5.69 Å². The Kier molecular flexibility index (Phi) is 3.14. The Bertz CT molecular complexity index is 582. The highest BCUT2D eigenvalue weighted by Crippen LogP contribution is 2.27. The van der Waals surface area contributed by atoms with Crippen LogP contribution in [-0.2, 0) is 0 Å². The summed E-state index contributed by atoms with van der Waals surface area (Å²) in [5.74, 6) is -1.07. The summed E-state index contributed by atoms with van der Waals surface area (Å²) < 4.78 is 18.9. The van der Waals surface area contributed by atoms with Gasteiger partial charge >= 0.3 is 0 Å². The molecule has 0 heterocycles. The van der Waals surface area contributed by atoms with Crippen molar-refractivity contribution in [1.29, 1.82) is 0 Å². The zero-order valence-electron chi connectivity index (χ0n) is 9.39. The molecule has 0 saturated heterocycles. The molecule has 0 spiro atoms. The molecule has 92 valence electrons. The van der Waals surface area contributed by atoms with Gasteiger partial charge in [0.1, 0.15) is 22.9 Å². The molecule has 0 atom stereocenters. The van der Waals surface area contributed by atoms with Crippen LogP contribution in [-0.4, -0.2) is 5.91 Å². The summed E-state index contributed by atoms with van der Waals surface area (Å²) >= 11 is 0. The number of halogens is 1. The molecule has 0 aliphatic carbocycles. The number of hydrogen-bond donors (Lipinski definition) is 2. The standard InChI is InChI=1S/C13H11FN2O2/c14-10-2-1-3-11(12(10)13(16)17)18-9-6-4-8(15)5-7-9/h1-7H,15H2,(H2,16,17). The second-order valence-corrected chi connectivity index (χ2v) is 3.65. The van der Waals surface area contributed by atoms with E-state index in [1.807, 2.05) is 0 Å². The molecule has 4 nitrogen and oxygen atoms in total. The van der Waals surface area contributed by atoms with Gasteiger partial charge in [-0.05, 0) is 36.4 Å². The van der Waals surface area contributed by atoms with E-state index in [0.29, 0.717) is 11.4 Å². The van der Waals surface area contributed by atoms with E-state index in [9.17, 15) is 9.18 Å². The third-order valence-electron chi connectivity index (χ3n) is 2.33. The first-order valence-corrected chi connectivity index (χ1v) is 5.19. The number of anilines is 1. The molecule has 2 rings (SSSR count). The highest BCUT2D eigenvalue weighted by Gasteiger charge is 2.15. The topological polar surface area (TPSA) is 78.3 Å². The van der Waals surface area contributed by atoms with Gasteiger partial charge in [0.05, 0.1) is 0 Å². The molecule has 1 amide bonds. The number of rotatable bonds is 3. The summed E-state index contributed by atoms with van der Waals surface area (Å²) in [7, 11) is 0. The highest BCUT2D eigenvalue weighted by molar-refractivity contribution is 5.96. The van der Waals surface area contributed by atoms with Crippen molar-refractivity contribution < 1.29 is 13.9 Å². The zero-order chi connectivity index (χ0) is 13.1. The average molecular weight is 246 g/mol. The summed E-state index contributed by atoms with van der Waals surface area (Å²) in [6, 6.07) is 10.6. The van der Waals surface area contributed by atoms with Crippen molar-refractivity contribution >= 4 is 11.6 Å². The Labute approximate surface area is 103 Å². The Morgan fingerprint density at radius 3 is 2.39 bits per heavy atom. The van der Waals surface area contributed by atoms with Gasteiger partial charge in [-0.15, -0.1) is 0 Å². The van der Waals surface area contributed by atoms with Crippen molar-refractivity contribution in [3.05, 3.63) is 53.8 Å². The fraction of sp³-hybridized carbons (Fsp3) is 0. The zero-order valence-corrected chi connectivity index (χ0v) is 9.39. The van der Waals surface area contributed by atoms with E-state index in [4.69, 9.17) is 16.2 Å². The number of primary amides is 1. The molecule has 0 saturated carbocycles. The number of nitrogen functional groups attached to an aromatic ring is 1. The number of carbonyl (C=O) groups is 1. The van der Waals surface area contributed by atoms with Gasteiger partial charge in [0.15, 0.2) is 0 Å². The second kappa shape index (κ2) is 4.75. The maximum Gasteiger partial charge on any atom is 0.255 e. The molecule has 2 aromatic carbocycles. The molecular formula is C13H11FN2O2. The minimum atomic E-state index is -0.876. The van der Waals surface area contributed by atoms with Crippen molar-refractivity contribution in [3.63, 3.8) is 0 Å². The third-order valence-corrected chi connectivity index (χ3v) is 2.33. The molecule has 2 aromatic rings. The minimum absolute atomic E-state index is 0.0762. The first kappa shape index (κ1) is 11.9. The first-order valence-electron chi connectivity index (χ1n) is 5.19. The smallest absolute Gasteiger partial charge is 0.255 e. The second-order valence-electron chi connectivity index (χ2n) is 3.65. The lowest BCUT2D eigenvalue weighted by Gasteiger charge is -2.09. The molecule has 4 N–H and O–H groups in total. The van der Waals surface area contributed by atoms with Crippen LogP contribution in [0.3, 0.4) is 0 Å². The van der Waals surface area contributed by atoms with Gasteiger partial charge < -0.3 is 16.2 Å². The maximum atomic E-state index is 13.5. The predicted octanol–water partition coefficient (Wildman–Crippen LogP) is 2.30. The van der Waals surface area contributed by atoms with E-state index in [2.05, 4.69) is 0 Å². The van der Waals surface area contributed by atoms with Gasteiger partial charge in [-0.25, -0.2) is 4.39 Å². The molecule has 18 heavy (non-hydrogen) atoms. The molecule has 0 aliphatic rings. The first-order chi connectivity index (χ1) is 8.58. The number of nitrogens with two attached hydrogens (primary N) is 2. The number of amides is 1. The number of hydrogen-bond acceptors (Lipinski definition) is 3. The van der Waals surface area contributed by atoms with E-state index >= 15 is 0 Å². The van der Waals surface area contributed by atoms with Crippen molar-refractivity contribution in [2.75, 3.05) is 5.73 Å². The van der Waals surface area contributed by atoms with Gasteiger partial charge in [-0.3, -0.25) is 4.79 Å². The van der Waals surface area contributed by atoms with Crippen LogP contribution in [0.4, 0.5) is 10.1 Å². The normalized spacial score (nSPS) is 10.1. The van der Waals surface area contributed by atoms with E-state index in [1.54, 1.807) is 24.3 Å². The highest BCUT2D eigenvalue weighted by atomic mass is 19.1. The summed E-state index contributed by atoms with van der Waals surface area (Å²) in [4.78, 5) is 11.2. The average Bonchev–Trinajstić information content (AvgIpc) is 2.32. The van der Waals surface area contributed by atoms with Gasteiger partial charge in [-0.2, -0.15) is 0 Å². The van der Waals surface area contributed by atoms with Crippen molar-refractivity contribution in [2.24, 2.45) is 5.73 Å². The van der Waals surface area contributed by atoms with Gasteiger partial charge in [0.25, 0.3) is 5.91 Å². The van der Waals surface area contributed by atoms with Crippen LogP contribution in [0, 0.1) is 5.82 Å². The van der Waals surface area contributed by atoms with Crippen LogP contribution in [0.1, 0.15) is 10.4 Å². The van der Waals surface area contributed by atoms with Crippen LogP contribution in [0.25, 0.3) is 0 Å². The molecule has 0 aliphatic heterocycles. The number of ether oxygens (including phenoxy) is 1. The summed E-state index contributed by atoms with van der Waals surface area (Å²) in [6.45, 7) is 0. The number of benzene rings is 2. The lowest BCUT2D eigenvalue weighted by molar-refractivity contribution is 0.0994. The molecule has 0 unspecified atom stereocenters. The third kappa shape index (κ3) is 2.40. The van der Waals surface area contributed by atoms with E-state index in [1.165, 1.54) is 12.1 Å². The maximum absolute atomic E-state index is 13.5. The summed E-state index contributed by atoms with van der Waals surface area (Å²) in [6.07, 6.45) is 0. The Morgan fingerprint density at radius 2 is 1.78 bits per heavy atom. The minimum Gasteiger partial charge on any atom is -0.456 e. The Morgan fingerprint density at radius 1 is 1.11 bits per heavy atom. The molecular weight excluding hydrogens is 235 g/mol. The molecule has 0 radical (unpaired) electrons. The lowest BCUT2D eigenvalue weighted by atomic mass is 10.2. The fourth-order valence-electron chi connectivity index (χ4n) is 1.49. The van der Waals surface area contributed by atoms with Gasteiger partial charge in [0.2, 0.25) is 0 Å². The predicted molar refractivity (Wildman–Crippen MR) is 65.8 cm³/mol.